The Morgan fingerprint density at radius 2 is 1.62 bits per heavy atom. The zero-order chi connectivity index (χ0) is 23.2. The van der Waals surface area contributed by atoms with Gasteiger partial charge in [-0.2, -0.15) is 13.5 Å². The molecule has 4 rings (SSSR count). The molecule has 0 amide bonds. The lowest BCUT2D eigenvalue weighted by molar-refractivity contribution is -0.0294. The van der Waals surface area contributed by atoms with Crippen molar-refractivity contribution in [3.05, 3.63) is 11.6 Å². The van der Waals surface area contributed by atoms with Gasteiger partial charge in [0.05, 0.1) is 6.10 Å². The maximum Gasteiger partial charge on any atom is 0.0577 e. The Hall–Kier alpha value is 0.0500. The lowest BCUT2D eigenvalue weighted by Gasteiger charge is -2.54. The number of allylic oxidation sites excluding steroid dienone is 1. The van der Waals surface area contributed by atoms with Crippen molar-refractivity contribution in [3.63, 3.8) is 0 Å². The van der Waals surface area contributed by atoms with Crippen LogP contribution in [0.1, 0.15) is 126 Å². The van der Waals surface area contributed by atoms with Gasteiger partial charge in [-0.15, -0.1) is 0 Å². The minimum Gasteiger partial charge on any atom is -0.393 e. The van der Waals surface area contributed by atoms with Crippen LogP contribution in [0.2, 0.25) is 0 Å². The second-order valence-electron chi connectivity index (χ2n) is 11.5. The van der Waals surface area contributed by atoms with E-state index in [4.69, 9.17) is 0 Å². The highest BCUT2D eigenvalue weighted by atomic mass is 32.1. The zero-order valence-electron chi connectivity index (χ0n) is 22.9. The number of rotatable bonds is 5. The fraction of sp³-hybridized carbons (Fsp3) is 0.933. The normalized spacial score (nSPS) is 38.4. The molecule has 0 saturated heterocycles. The Balaban J connectivity index is 0.000000971. The molecule has 0 aliphatic heterocycles. The second kappa shape index (κ2) is 13.8. The number of hydrogen-bond donors (Lipinski definition) is 1. The van der Waals surface area contributed by atoms with Crippen molar-refractivity contribution in [1.29, 1.82) is 0 Å². The molecule has 0 aromatic rings. The van der Waals surface area contributed by atoms with Gasteiger partial charge in [-0.1, -0.05) is 86.3 Å². The minimum atomic E-state index is -0.0551. The maximum absolute atomic E-state index is 10.1. The van der Waals surface area contributed by atoms with Gasteiger partial charge in [0.1, 0.15) is 0 Å². The third kappa shape index (κ3) is 6.38. The molecule has 32 heavy (non-hydrogen) atoms. The summed E-state index contributed by atoms with van der Waals surface area (Å²) in [7, 11) is 0. The van der Waals surface area contributed by atoms with E-state index in [9.17, 15) is 5.11 Å². The third-order valence-electron chi connectivity index (χ3n) is 9.62. The van der Waals surface area contributed by atoms with Crippen molar-refractivity contribution in [2.24, 2.45) is 46.8 Å². The van der Waals surface area contributed by atoms with Crippen LogP contribution < -0.4 is 0 Å². The standard InChI is InChI=1S/C26H44O.2C2H6.H2S/c1-17(2)6-5-7-18(3)24-12-13-25-23-10-8-19-16-20(27)9-11-21(19)22(23)14-15-26(24,25)4;2*1-2;/h8,17-18,20-25,27H,5-7,9-16H2,1-4H3;2*1-2H3;1H2/t18-,20?,21?,22?,23?,24?,25?,26?;;;/m1.../s1. The van der Waals surface area contributed by atoms with Crippen molar-refractivity contribution < 1.29 is 5.11 Å². The molecule has 7 unspecified atom stereocenters. The summed E-state index contributed by atoms with van der Waals surface area (Å²) in [5.41, 5.74) is 2.24. The summed E-state index contributed by atoms with van der Waals surface area (Å²) in [4.78, 5) is 0. The topological polar surface area (TPSA) is 20.2 Å². The molecule has 0 bridgehead atoms. The van der Waals surface area contributed by atoms with Crippen LogP contribution in [0.5, 0.6) is 0 Å². The predicted octanol–water partition coefficient (Wildman–Crippen LogP) is 9.16. The van der Waals surface area contributed by atoms with Crippen molar-refractivity contribution in [2.45, 2.75) is 132 Å². The average molecular weight is 467 g/mol. The van der Waals surface area contributed by atoms with E-state index >= 15 is 0 Å². The third-order valence-corrected chi connectivity index (χ3v) is 9.62. The first-order chi connectivity index (χ1) is 14.9. The van der Waals surface area contributed by atoms with Crippen LogP contribution >= 0.6 is 13.5 Å². The first-order valence-electron chi connectivity index (χ1n) is 14.3. The first kappa shape index (κ1) is 30.1. The van der Waals surface area contributed by atoms with Crippen molar-refractivity contribution in [3.8, 4) is 0 Å². The van der Waals surface area contributed by atoms with Gasteiger partial charge in [0.2, 0.25) is 0 Å². The molecule has 0 aromatic heterocycles. The highest BCUT2D eigenvalue weighted by molar-refractivity contribution is 7.59. The Labute approximate surface area is 209 Å². The van der Waals surface area contributed by atoms with Crippen LogP contribution in [0.25, 0.3) is 0 Å². The van der Waals surface area contributed by atoms with Gasteiger partial charge in [0.25, 0.3) is 0 Å². The molecule has 3 saturated carbocycles. The van der Waals surface area contributed by atoms with E-state index in [1.807, 2.05) is 27.7 Å². The van der Waals surface area contributed by atoms with Gasteiger partial charge < -0.3 is 5.11 Å². The van der Waals surface area contributed by atoms with Crippen LogP contribution in [-0.4, -0.2) is 11.2 Å². The largest absolute Gasteiger partial charge is 0.393 e. The molecule has 4 aliphatic carbocycles. The molecule has 0 heterocycles. The fourth-order valence-corrected chi connectivity index (χ4v) is 8.27. The van der Waals surface area contributed by atoms with Gasteiger partial charge in [-0.3, -0.25) is 0 Å². The highest BCUT2D eigenvalue weighted by Crippen LogP contribution is 2.64. The molecule has 8 atom stereocenters. The Bertz CT molecular complexity index is 555. The fourth-order valence-electron chi connectivity index (χ4n) is 8.27. The van der Waals surface area contributed by atoms with Gasteiger partial charge in [0.15, 0.2) is 0 Å². The monoisotopic (exact) mass is 466 g/mol. The molecule has 0 spiro atoms. The van der Waals surface area contributed by atoms with E-state index in [1.165, 1.54) is 57.8 Å². The number of aliphatic hydroxyl groups excluding tert-OH is 1. The highest BCUT2D eigenvalue weighted by Gasteiger charge is 2.56. The summed E-state index contributed by atoms with van der Waals surface area (Å²) in [5.74, 6) is 6.41. The van der Waals surface area contributed by atoms with Crippen molar-refractivity contribution in [1.82, 2.24) is 0 Å². The van der Waals surface area contributed by atoms with Crippen LogP contribution in [0.3, 0.4) is 0 Å². The van der Waals surface area contributed by atoms with Crippen LogP contribution in [0.4, 0.5) is 0 Å². The van der Waals surface area contributed by atoms with Gasteiger partial charge in [-0.05, 0) is 98.2 Å². The Morgan fingerprint density at radius 1 is 0.938 bits per heavy atom. The lowest BCUT2D eigenvalue weighted by atomic mass is 9.51. The van der Waals surface area contributed by atoms with E-state index in [1.54, 1.807) is 5.57 Å². The summed E-state index contributed by atoms with van der Waals surface area (Å²) in [5, 5.41) is 10.1. The van der Waals surface area contributed by atoms with E-state index < -0.39 is 0 Å². The number of hydrogen-bond acceptors (Lipinski definition) is 1. The molecular formula is C30H58OS. The second-order valence-corrected chi connectivity index (χ2v) is 11.5. The quantitative estimate of drug-likeness (QED) is 0.400. The van der Waals surface area contributed by atoms with Crippen molar-refractivity contribution >= 4 is 13.5 Å². The summed E-state index contributed by atoms with van der Waals surface area (Å²) in [6, 6.07) is 0. The van der Waals surface area contributed by atoms with Gasteiger partial charge in [-0.25, -0.2) is 0 Å². The molecule has 1 N–H and O–H groups in total. The molecule has 0 radical (unpaired) electrons. The molecule has 3 fully saturated rings. The Morgan fingerprint density at radius 3 is 2.28 bits per heavy atom. The van der Waals surface area contributed by atoms with Crippen LogP contribution in [0, 0.1) is 46.8 Å². The Kier molecular flexibility index (Phi) is 13.0. The molecule has 2 heteroatoms. The number of aliphatic hydroxyl groups is 1. The maximum atomic E-state index is 10.1. The minimum absolute atomic E-state index is 0. The predicted molar refractivity (Wildman–Crippen MR) is 148 cm³/mol. The van der Waals surface area contributed by atoms with Crippen LogP contribution in [0.15, 0.2) is 11.6 Å². The molecule has 0 aromatic carbocycles. The van der Waals surface area contributed by atoms with E-state index in [0.29, 0.717) is 5.41 Å². The molecule has 4 aliphatic rings. The average Bonchev–Trinajstić information content (AvgIpc) is 3.13. The van der Waals surface area contributed by atoms with Crippen molar-refractivity contribution in [2.75, 3.05) is 0 Å². The van der Waals surface area contributed by atoms with Crippen LogP contribution in [-0.2, 0) is 0 Å². The zero-order valence-corrected chi connectivity index (χ0v) is 23.9. The summed E-state index contributed by atoms with van der Waals surface area (Å²) in [6.45, 7) is 18.0. The summed E-state index contributed by atoms with van der Waals surface area (Å²) in [6.07, 6.45) is 17.3. The summed E-state index contributed by atoms with van der Waals surface area (Å²) < 4.78 is 0. The lowest BCUT2D eigenvalue weighted by Crippen LogP contribution is -2.47. The van der Waals surface area contributed by atoms with E-state index in [2.05, 4.69) is 33.8 Å². The van der Waals surface area contributed by atoms with E-state index in [0.717, 1.165) is 54.3 Å². The molecular weight excluding hydrogens is 408 g/mol. The van der Waals surface area contributed by atoms with Gasteiger partial charge in [0, 0.05) is 0 Å². The first-order valence-corrected chi connectivity index (χ1v) is 14.3. The molecule has 190 valence electrons. The molecule has 1 nitrogen and oxygen atoms in total. The SMILES string of the molecule is CC.CC.CC(C)CCC[C@@H](C)C1CCC2C3CC=C4CC(O)CCC4C3CCC21C.S. The van der Waals surface area contributed by atoms with Gasteiger partial charge >= 0.3 is 0 Å². The summed E-state index contributed by atoms with van der Waals surface area (Å²) >= 11 is 0. The van der Waals surface area contributed by atoms with E-state index in [-0.39, 0.29) is 19.6 Å². The number of fused-ring (bicyclic) bond motifs is 5. The smallest absolute Gasteiger partial charge is 0.0577 e.